The Bertz CT molecular complexity index is 1330. The van der Waals surface area contributed by atoms with Crippen LogP contribution in [0.25, 0.3) is 22.2 Å². The molecule has 198 valence electrons. The number of halogens is 1. The molecular formula is C27H34FN5O4. The van der Waals surface area contributed by atoms with Crippen molar-refractivity contribution >= 4 is 16.9 Å². The van der Waals surface area contributed by atoms with Gasteiger partial charge in [-0.05, 0) is 39.3 Å². The summed E-state index contributed by atoms with van der Waals surface area (Å²) in [6.45, 7) is 9.79. The molecule has 5 rings (SSSR count). The van der Waals surface area contributed by atoms with Crippen LogP contribution in [0.5, 0.6) is 0 Å². The van der Waals surface area contributed by atoms with Crippen molar-refractivity contribution < 1.29 is 19.0 Å². The van der Waals surface area contributed by atoms with Crippen LogP contribution in [0.3, 0.4) is 0 Å². The number of pyridine rings is 1. The summed E-state index contributed by atoms with van der Waals surface area (Å²) in [5.41, 5.74) is 2.28. The lowest BCUT2D eigenvalue weighted by Gasteiger charge is -2.34. The number of aromatic nitrogens is 3. The quantitative estimate of drug-likeness (QED) is 0.521. The van der Waals surface area contributed by atoms with Crippen LogP contribution >= 0.6 is 0 Å². The van der Waals surface area contributed by atoms with E-state index < -0.39 is 11.9 Å². The molecule has 2 fully saturated rings. The van der Waals surface area contributed by atoms with Gasteiger partial charge in [0.05, 0.1) is 43.7 Å². The fourth-order valence-electron chi connectivity index (χ4n) is 5.17. The highest BCUT2D eigenvalue weighted by Crippen LogP contribution is 2.28. The summed E-state index contributed by atoms with van der Waals surface area (Å²) >= 11 is 0. The molecule has 2 saturated heterocycles. The Balaban J connectivity index is 1.55. The maximum Gasteiger partial charge on any atom is 0.223 e. The van der Waals surface area contributed by atoms with E-state index in [0.29, 0.717) is 43.7 Å². The number of aliphatic hydroxyl groups excluding tert-OH is 1. The monoisotopic (exact) mass is 511 g/mol. The summed E-state index contributed by atoms with van der Waals surface area (Å²) in [5.74, 6) is -0.326. The normalized spacial score (nSPS) is 23.0. The van der Waals surface area contributed by atoms with Crippen molar-refractivity contribution in [2.75, 3.05) is 38.3 Å². The molecule has 0 radical (unpaired) electrons. The third-order valence-corrected chi connectivity index (χ3v) is 7.17. The third-order valence-electron chi connectivity index (χ3n) is 7.17. The van der Waals surface area contributed by atoms with Crippen molar-refractivity contribution in [2.24, 2.45) is 0 Å². The summed E-state index contributed by atoms with van der Waals surface area (Å²) < 4.78 is 28.0. The van der Waals surface area contributed by atoms with Crippen LogP contribution in [-0.2, 0) is 16.0 Å². The van der Waals surface area contributed by atoms with E-state index >= 15 is 0 Å². The van der Waals surface area contributed by atoms with E-state index in [0.717, 1.165) is 24.0 Å². The Kier molecular flexibility index (Phi) is 7.52. The molecular weight excluding hydrogens is 477 g/mol. The number of nitrogens with zero attached hydrogens (tertiary/aromatic N) is 4. The van der Waals surface area contributed by atoms with Gasteiger partial charge >= 0.3 is 0 Å². The van der Waals surface area contributed by atoms with Gasteiger partial charge in [-0.1, -0.05) is 6.07 Å². The Morgan fingerprint density at radius 3 is 2.78 bits per heavy atom. The molecule has 3 aromatic rings. The van der Waals surface area contributed by atoms with Crippen molar-refractivity contribution in [2.45, 2.75) is 58.0 Å². The zero-order chi connectivity index (χ0) is 26.1. The Morgan fingerprint density at radius 1 is 1.22 bits per heavy atom. The predicted octanol–water partition coefficient (Wildman–Crippen LogP) is 2.96. The first-order valence-corrected chi connectivity index (χ1v) is 12.9. The maximum absolute atomic E-state index is 15.0. The molecule has 9 nitrogen and oxygen atoms in total. The van der Waals surface area contributed by atoms with E-state index in [1.54, 1.807) is 18.2 Å². The highest BCUT2D eigenvalue weighted by atomic mass is 19.1. The highest BCUT2D eigenvalue weighted by Gasteiger charge is 2.25. The van der Waals surface area contributed by atoms with E-state index in [4.69, 9.17) is 9.47 Å². The molecule has 0 bridgehead atoms. The smallest absolute Gasteiger partial charge is 0.223 e. The predicted molar refractivity (Wildman–Crippen MR) is 139 cm³/mol. The molecule has 0 unspecified atom stereocenters. The lowest BCUT2D eigenvalue weighted by atomic mass is 10.1. The second-order valence-corrected chi connectivity index (χ2v) is 10.2. The fourth-order valence-corrected chi connectivity index (χ4v) is 5.17. The molecule has 2 aliphatic rings. The molecule has 2 aliphatic heterocycles. The summed E-state index contributed by atoms with van der Waals surface area (Å²) in [7, 11) is 0. The number of hydrogen-bond donors (Lipinski definition) is 2. The van der Waals surface area contributed by atoms with Gasteiger partial charge in [0.15, 0.2) is 11.2 Å². The van der Waals surface area contributed by atoms with Crippen molar-refractivity contribution in [3.05, 3.63) is 52.2 Å². The molecule has 0 aliphatic carbocycles. The molecule has 0 spiro atoms. The molecule has 10 heteroatoms. The number of nitrogens with one attached hydrogen (secondary N) is 1. The molecule has 37 heavy (non-hydrogen) atoms. The zero-order valence-electron chi connectivity index (χ0n) is 21.5. The number of anilines is 1. The average molecular weight is 512 g/mol. The molecule has 4 heterocycles. The first-order valence-electron chi connectivity index (χ1n) is 12.9. The van der Waals surface area contributed by atoms with Crippen LogP contribution in [0, 0.1) is 5.82 Å². The van der Waals surface area contributed by atoms with Gasteiger partial charge in [-0.2, -0.15) is 0 Å². The minimum absolute atomic E-state index is 0.0617. The maximum atomic E-state index is 15.0. The van der Waals surface area contributed by atoms with Crippen molar-refractivity contribution in [1.29, 1.82) is 0 Å². The number of fused-ring (bicyclic) bond motifs is 1. The fraction of sp³-hybridized carbons (Fsp3) is 0.519. The third kappa shape index (κ3) is 5.38. The van der Waals surface area contributed by atoms with Crippen molar-refractivity contribution in [1.82, 2.24) is 19.4 Å². The molecule has 0 amide bonds. The molecule has 2 N–H and O–H groups in total. The zero-order valence-corrected chi connectivity index (χ0v) is 21.5. The Labute approximate surface area is 215 Å². The van der Waals surface area contributed by atoms with Crippen LogP contribution in [0.4, 0.5) is 10.3 Å². The largest absolute Gasteiger partial charge is 0.389 e. The summed E-state index contributed by atoms with van der Waals surface area (Å²) in [6.07, 6.45) is 1.03. The van der Waals surface area contributed by atoms with E-state index in [1.807, 2.05) is 6.07 Å². The molecule has 2 aromatic heterocycles. The molecule has 0 saturated carbocycles. The minimum atomic E-state index is -0.695. The van der Waals surface area contributed by atoms with Gasteiger partial charge in [0.2, 0.25) is 5.95 Å². The number of hydrogen-bond acceptors (Lipinski definition) is 8. The van der Waals surface area contributed by atoms with E-state index in [9.17, 15) is 14.3 Å². The minimum Gasteiger partial charge on any atom is -0.389 e. The van der Waals surface area contributed by atoms with Gasteiger partial charge in [-0.25, -0.2) is 14.4 Å². The van der Waals surface area contributed by atoms with Gasteiger partial charge in [0, 0.05) is 54.5 Å². The van der Waals surface area contributed by atoms with Crippen molar-refractivity contribution in [3.63, 3.8) is 0 Å². The van der Waals surface area contributed by atoms with Crippen LogP contribution in [0.15, 0.2) is 35.3 Å². The summed E-state index contributed by atoms with van der Waals surface area (Å²) in [6, 6.07) is 7.06. The summed E-state index contributed by atoms with van der Waals surface area (Å²) in [4.78, 5) is 24.0. The molecule has 1 aromatic carbocycles. The van der Waals surface area contributed by atoms with Crippen molar-refractivity contribution in [3.8, 4) is 11.3 Å². The standard InChI is InChI=1S/C27H34FN5O4/c1-16(2)33-19(13-32-7-9-37-14-17(32)3)11-24(34)20-5-4-18(10-23(20)33)26-21(28)12-29-27(31-26)30-22-6-8-36-15-25(22)35/h4-5,10-12,16-17,22,25,35H,6-9,13-15H2,1-3H3,(H,29,30,31)/t17-,22+,25+/m0/s1. The Hall–Kier alpha value is -2.92. The number of benzene rings is 1. The first kappa shape index (κ1) is 25.7. The number of morpholine rings is 1. The Morgan fingerprint density at radius 2 is 2.03 bits per heavy atom. The topological polar surface area (TPSA) is 102 Å². The van der Waals surface area contributed by atoms with Crippen LogP contribution < -0.4 is 10.7 Å². The van der Waals surface area contributed by atoms with E-state index in [-0.39, 0.29) is 41.8 Å². The number of ether oxygens (including phenoxy) is 2. The highest BCUT2D eigenvalue weighted by molar-refractivity contribution is 5.84. The van der Waals surface area contributed by atoms with Gasteiger partial charge in [-0.3, -0.25) is 9.69 Å². The van der Waals surface area contributed by atoms with Gasteiger partial charge in [0.1, 0.15) is 5.69 Å². The second kappa shape index (κ2) is 10.8. The summed E-state index contributed by atoms with van der Waals surface area (Å²) in [5, 5.41) is 13.9. The van der Waals surface area contributed by atoms with Gasteiger partial charge in [-0.15, -0.1) is 0 Å². The SMILES string of the molecule is CC(C)n1c(CN2CCOC[C@@H]2C)cc(=O)c2ccc(-c3nc(N[C@@H]4CCOC[C@H]4O)ncc3F)cc21. The lowest BCUT2D eigenvalue weighted by Crippen LogP contribution is -2.43. The van der Waals surface area contributed by atoms with Gasteiger partial charge in [0.25, 0.3) is 0 Å². The molecule has 3 atom stereocenters. The number of aliphatic hydroxyl groups is 1. The van der Waals surface area contributed by atoms with E-state index in [1.165, 1.54) is 0 Å². The second-order valence-electron chi connectivity index (χ2n) is 10.2. The first-order chi connectivity index (χ1) is 17.8. The van der Waals surface area contributed by atoms with E-state index in [2.05, 4.69) is 45.5 Å². The van der Waals surface area contributed by atoms with Crippen LogP contribution in [0.2, 0.25) is 0 Å². The van der Waals surface area contributed by atoms with Gasteiger partial charge < -0.3 is 24.5 Å². The number of rotatable bonds is 6. The van der Waals surface area contributed by atoms with Crippen LogP contribution in [0.1, 0.15) is 38.9 Å². The average Bonchev–Trinajstić information content (AvgIpc) is 2.87. The van der Waals surface area contributed by atoms with Crippen LogP contribution in [-0.4, -0.2) is 75.7 Å². The lowest BCUT2D eigenvalue weighted by molar-refractivity contribution is -0.0136.